The van der Waals surface area contributed by atoms with E-state index < -0.39 is 5.97 Å². The van der Waals surface area contributed by atoms with Gasteiger partial charge in [0.25, 0.3) is 0 Å². The number of aromatic nitrogens is 1. The summed E-state index contributed by atoms with van der Waals surface area (Å²) in [6.07, 6.45) is 6.05. The molecule has 0 aliphatic rings. The number of rotatable bonds is 8. The standard InChI is InChI=1S/C15H24N2O2/c1-4-5-6-7-8-11(2)16-14-10-13(15(18)19)9-12(3)17-14/h9-11H,4-8H2,1-3H3,(H,16,17)(H,18,19). The molecule has 0 saturated heterocycles. The zero-order valence-corrected chi connectivity index (χ0v) is 12.1. The van der Waals surface area contributed by atoms with Crippen LogP contribution in [0.1, 0.15) is 62.0 Å². The normalized spacial score (nSPS) is 12.2. The largest absolute Gasteiger partial charge is 0.478 e. The van der Waals surface area contributed by atoms with Crippen LogP contribution in [-0.2, 0) is 0 Å². The van der Waals surface area contributed by atoms with Crippen molar-refractivity contribution in [3.05, 3.63) is 23.4 Å². The van der Waals surface area contributed by atoms with Crippen molar-refractivity contribution in [3.63, 3.8) is 0 Å². The van der Waals surface area contributed by atoms with Gasteiger partial charge in [-0.1, -0.05) is 32.6 Å². The highest BCUT2D eigenvalue weighted by molar-refractivity contribution is 5.88. The van der Waals surface area contributed by atoms with Gasteiger partial charge in [0.1, 0.15) is 5.82 Å². The Labute approximate surface area is 115 Å². The Kier molecular flexibility index (Phi) is 6.33. The minimum absolute atomic E-state index is 0.285. The molecule has 4 nitrogen and oxygen atoms in total. The number of hydrogen-bond acceptors (Lipinski definition) is 3. The van der Waals surface area contributed by atoms with E-state index >= 15 is 0 Å². The molecule has 0 saturated carbocycles. The van der Waals surface area contributed by atoms with Gasteiger partial charge in [0.15, 0.2) is 0 Å². The average molecular weight is 264 g/mol. The summed E-state index contributed by atoms with van der Waals surface area (Å²) in [5.41, 5.74) is 1.01. The van der Waals surface area contributed by atoms with Crippen LogP contribution in [0, 0.1) is 6.92 Å². The number of anilines is 1. The molecule has 0 bridgehead atoms. The van der Waals surface area contributed by atoms with Gasteiger partial charge in [-0.05, 0) is 32.4 Å². The number of aromatic carboxylic acids is 1. The molecule has 19 heavy (non-hydrogen) atoms. The summed E-state index contributed by atoms with van der Waals surface area (Å²) >= 11 is 0. The summed E-state index contributed by atoms with van der Waals surface area (Å²) in [7, 11) is 0. The van der Waals surface area contributed by atoms with Crippen LogP contribution in [0.5, 0.6) is 0 Å². The Morgan fingerprint density at radius 2 is 2.11 bits per heavy atom. The number of nitrogens with zero attached hydrogens (tertiary/aromatic N) is 1. The number of carboxylic acids is 1. The lowest BCUT2D eigenvalue weighted by Crippen LogP contribution is -2.16. The minimum Gasteiger partial charge on any atom is -0.478 e. The number of hydrogen-bond donors (Lipinski definition) is 2. The quantitative estimate of drug-likeness (QED) is 0.700. The first-order chi connectivity index (χ1) is 9.02. The van der Waals surface area contributed by atoms with Crippen molar-refractivity contribution in [1.29, 1.82) is 0 Å². The highest BCUT2D eigenvalue weighted by Crippen LogP contribution is 2.14. The molecule has 0 fully saturated rings. The highest BCUT2D eigenvalue weighted by atomic mass is 16.4. The molecule has 4 heteroatoms. The zero-order valence-electron chi connectivity index (χ0n) is 12.1. The van der Waals surface area contributed by atoms with Crippen LogP contribution in [-0.4, -0.2) is 22.1 Å². The van der Waals surface area contributed by atoms with E-state index in [1.54, 1.807) is 12.1 Å². The molecule has 0 aliphatic heterocycles. The van der Waals surface area contributed by atoms with E-state index in [0.717, 1.165) is 12.1 Å². The van der Waals surface area contributed by atoms with Crippen LogP contribution < -0.4 is 5.32 Å². The van der Waals surface area contributed by atoms with Gasteiger partial charge >= 0.3 is 5.97 Å². The second-order valence-corrected chi connectivity index (χ2v) is 5.08. The Hall–Kier alpha value is -1.58. The van der Waals surface area contributed by atoms with Crippen LogP contribution in [0.3, 0.4) is 0 Å². The predicted molar refractivity (Wildman–Crippen MR) is 77.8 cm³/mol. The molecule has 106 valence electrons. The summed E-state index contributed by atoms with van der Waals surface area (Å²) < 4.78 is 0. The number of unbranched alkanes of at least 4 members (excludes halogenated alkanes) is 3. The van der Waals surface area contributed by atoms with Crippen molar-refractivity contribution in [2.45, 2.75) is 58.9 Å². The third-order valence-electron chi connectivity index (χ3n) is 3.09. The van der Waals surface area contributed by atoms with Gasteiger partial charge in [-0.3, -0.25) is 0 Å². The lowest BCUT2D eigenvalue weighted by Gasteiger charge is -2.15. The van der Waals surface area contributed by atoms with Crippen LogP contribution in [0.25, 0.3) is 0 Å². The lowest BCUT2D eigenvalue weighted by molar-refractivity contribution is 0.0696. The maximum absolute atomic E-state index is 11.0. The van der Waals surface area contributed by atoms with Crippen molar-refractivity contribution in [2.75, 3.05) is 5.32 Å². The topological polar surface area (TPSA) is 62.2 Å². The molecule has 1 rings (SSSR count). The zero-order chi connectivity index (χ0) is 14.3. The first kappa shape index (κ1) is 15.5. The fourth-order valence-corrected chi connectivity index (χ4v) is 2.07. The maximum Gasteiger partial charge on any atom is 0.335 e. The van der Waals surface area contributed by atoms with Crippen LogP contribution in [0.4, 0.5) is 5.82 Å². The molecule has 2 N–H and O–H groups in total. The summed E-state index contributed by atoms with van der Waals surface area (Å²) in [5.74, 6) is -0.260. The second-order valence-electron chi connectivity index (χ2n) is 5.08. The molecule has 0 amide bonds. The Balaban J connectivity index is 2.53. The first-order valence-corrected chi connectivity index (χ1v) is 7.01. The van der Waals surface area contributed by atoms with Crippen molar-refractivity contribution in [2.24, 2.45) is 0 Å². The second kappa shape index (κ2) is 7.77. The molecule has 0 spiro atoms. The predicted octanol–water partition coefficient (Wildman–Crippen LogP) is 3.86. The lowest BCUT2D eigenvalue weighted by atomic mass is 10.1. The highest BCUT2D eigenvalue weighted by Gasteiger charge is 2.08. The average Bonchev–Trinajstić information content (AvgIpc) is 2.34. The fraction of sp³-hybridized carbons (Fsp3) is 0.600. The van der Waals surface area contributed by atoms with Gasteiger partial charge in [0.2, 0.25) is 0 Å². The van der Waals surface area contributed by atoms with Crippen molar-refractivity contribution in [1.82, 2.24) is 4.98 Å². The van der Waals surface area contributed by atoms with Gasteiger partial charge in [-0.15, -0.1) is 0 Å². The number of carboxylic acid groups (broad SMARTS) is 1. The van der Waals surface area contributed by atoms with Gasteiger partial charge in [0, 0.05) is 11.7 Å². The van der Waals surface area contributed by atoms with Crippen LogP contribution >= 0.6 is 0 Å². The van der Waals surface area contributed by atoms with E-state index in [9.17, 15) is 4.79 Å². The molecule has 1 aromatic rings. The van der Waals surface area contributed by atoms with E-state index in [1.165, 1.54) is 25.7 Å². The summed E-state index contributed by atoms with van der Waals surface area (Å²) in [6.45, 7) is 6.12. The molecule has 0 aromatic carbocycles. The maximum atomic E-state index is 11.0. The van der Waals surface area contributed by atoms with Gasteiger partial charge in [-0.2, -0.15) is 0 Å². The molecule has 1 unspecified atom stereocenters. The third kappa shape index (κ3) is 5.73. The molecule has 1 aromatic heterocycles. The summed E-state index contributed by atoms with van der Waals surface area (Å²) in [6, 6.07) is 3.49. The molecule has 1 atom stereocenters. The third-order valence-corrected chi connectivity index (χ3v) is 3.09. The summed E-state index contributed by atoms with van der Waals surface area (Å²) in [4.78, 5) is 15.3. The van der Waals surface area contributed by atoms with E-state index in [0.29, 0.717) is 11.9 Å². The smallest absolute Gasteiger partial charge is 0.335 e. The van der Waals surface area contributed by atoms with Crippen molar-refractivity contribution < 1.29 is 9.90 Å². The molecular weight excluding hydrogens is 240 g/mol. The van der Waals surface area contributed by atoms with E-state index in [-0.39, 0.29) is 5.56 Å². The monoisotopic (exact) mass is 264 g/mol. The SMILES string of the molecule is CCCCCCC(C)Nc1cc(C(=O)O)cc(C)n1. The van der Waals surface area contributed by atoms with Crippen LogP contribution in [0.15, 0.2) is 12.1 Å². The molecule has 1 heterocycles. The molecule has 0 aliphatic carbocycles. The Morgan fingerprint density at radius 3 is 2.74 bits per heavy atom. The van der Waals surface area contributed by atoms with Crippen molar-refractivity contribution in [3.8, 4) is 0 Å². The molecule has 0 radical (unpaired) electrons. The van der Waals surface area contributed by atoms with E-state index in [2.05, 4.69) is 24.1 Å². The minimum atomic E-state index is -0.913. The van der Waals surface area contributed by atoms with E-state index in [4.69, 9.17) is 5.11 Å². The van der Waals surface area contributed by atoms with Gasteiger partial charge in [0.05, 0.1) is 5.56 Å². The van der Waals surface area contributed by atoms with Crippen LogP contribution in [0.2, 0.25) is 0 Å². The van der Waals surface area contributed by atoms with E-state index in [1.807, 2.05) is 6.92 Å². The molecular formula is C15H24N2O2. The number of nitrogens with one attached hydrogen (secondary N) is 1. The van der Waals surface area contributed by atoms with Crippen molar-refractivity contribution >= 4 is 11.8 Å². The number of carbonyl (C=O) groups is 1. The number of pyridine rings is 1. The first-order valence-electron chi connectivity index (χ1n) is 7.01. The number of aryl methyl sites for hydroxylation is 1. The Morgan fingerprint density at radius 1 is 1.37 bits per heavy atom. The van der Waals surface area contributed by atoms with Gasteiger partial charge < -0.3 is 10.4 Å². The summed E-state index contributed by atoms with van der Waals surface area (Å²) in [5, 5.41) is 12.3. The fourth-order valence-electron chi connectivity index (χ4n) is 2.07. The van der Waals surface area contributed by atoms with Gasteiger partial charge in [-0.25, -0.2) is 9.78 Å². The Bertz CT molecular complexity index is 419.